The van der Waals surface area contributed by atoms with Crippen molar-refractivity contribution in [2.45, 2.75) is 38.0 Å². The number of carbonyl (C=O) groups is 1. The molecular weight excluding hydrogens is 410 g/mol. The molecule has 0 bridgehead atoms. The van der Waals surface area contributed by atoms with Crippen LogP contribution in [0.2, 0.25) is 5.02 Å². The molecule has 2 atom stereocenters. The molecule has 2 aromatic carbocycles. The second-order valence-corrected chi connectivity index (χ2v) is 8.70. The van der Waals surface area contributed by atoms with Crippen molar-refractivity contribution in [2.75, 3.05) is 11.9 Å². The Morgan fingerprint density at radius 2 is 1.90 bits per heavy atom. The van der Waals surface area contributed by atoms with Crippen molar-refractivity contribution in [3.05, 3.63) is 71.2 Å². The van der Waals surface area contributed by atoms with E-state index in [1.165, 1.54) is 5.56 Å². The lowest BCUT2D eigenvalue weighted by molar-refractivity contribution is -0.138. The molecule has 0 radical (unpaired) electrons. The molecule has 1 aromatic heterocycles. The van der Waals surface area contributed by atoms with Gasteiger partial charge < -0.3 is 10.0 Å². The molecule has 2 unspecified atom stereocenters. The summed E-state index contributed by atoms with van der Waals surface area (Å²) >= 11 is 6.09. The molecule has 3 aromatic rings. The average Bonchev–Trinajstić information content (AvgIpc) is 2.79. The summed E-state index contributed by atoms with van der Waals surface area (Å²) in [6.07, 6.45) is 4.47. The SMILES string of the molecule is CN(c1cccc(Cl)c1)c1ccc(-c2ccc(C3CCCC(CC(=O)O)C3)cc2)nn1. The Morgan fingerprint density at radius 3 is 2.58 bits per heavy atom. The van der Waals surface area contributed by atoms with Gasteiger partial charge in [-0.3, -0.25) is 4.79 Å². The van der Waals surface area contributed by atoms with Crippen molar-refractivity contribution in [2.24, 2.45) is 5.92 Å². The van der Waals surface area contributed by atoms with Gasteiger partial charge in [0, 0.05) is 29.7 Å². The number of benzene rings is 2. The minimum Gasteiger partial charge on any atom is -0.481 e. The molecule has 1 saturated carbocycles. The highest BCUT2D eigenvalue weighted by atomic mass is 35.5. The van der Waals surface area contributed by atoms with Gasteiger partial charge in [-0.15, -0.1) is 10.2 Å². The molecule has 4 rings (SSSR count). The lowest BCUT2D eigenvalue weighted by Crippen LogP contribution is -2.17. The van der Waals surface area contributed by atoms with Crippen LogP contribution in [0.4, 0.5) is 11.5 Å². The molecular formula is C25H26ClN3O2. The van der Waals surface area contributed by atoms with Crippen LogP contribution in [-0.2, 0) is 4.79 Å². The number of nitrogens with zero attached hydrogens (tertiary/aromatic N) is 3. The van der Waals surface area contributed by atoms with Crippen LogP contribution in [0.3, 0.4) is 0 Å². The smallest absolute Gasteiger partial charge is 0.303 e. The monoisotopic (exact) mass is 435 g/mol. The summed E-state index contributed by atoms with van der Waals surface area (Å²) in [5, 5.41) is 18.6. The maximum absolute atomic E-state index is 11.1. The quantitative estimate of drug-likeness (QED) is 0.491. The molecule has 6 heteroatoms. The summed E-state index contributed by atoms with van der Waals surface area (Å²) in [6.45, 7) is 0. The van der Waals surface area contributed by atoms with Gasteiger partial charge in [0.2, 0.25) is 0 Å². The number of rotatable bonds is 6. The summed E-state index contributed by atoms with van der Waals surface area (Å²) in [4.78, 5) is 13.0. The predicted molar refractivity (Wildman–Crippen MR) is 124 cm³/mol. The number of carboxylic acids is 1. The molecule has 31 heavy (non-hydrogen) atoms. The second kappa shape index (κ2) is 9.48. The summed E-state index contributed by atoms with van der Waals surface area (Å²) in [5.41, 5.74) is 4.07. The highest BCUT2D eigenvalue weighted by Crippen LogP contribution is 2.38. The van der Waals surface area contributed by atoms with Gasteiger partial charge in [-0.1, -0.05) is 48.4 Å². The van der Waals surface area contributed by atoms with Gasteiger partial charge in [0.1, 0.15) is 0 Å². The maximum atomic E-state index is 11.1. The number of hydrogen-bond acceptors (Lipinski definition) is 4. The Bertz CT molecular complexity index is 1040. The van der Waals surface area contributed by atoms with E-state index in [2.05, 4.69) is 34.5 Å². The summed E-state index contributed by atoms with van der Waals surface area (Å²) < 4.78 is 0. The van der Waals surface area contributed by atoms with E-state index in [0.717, 1.165) is 48.4 Å². The number of anilines is 2. The van der Waals surface area contributed by atoms with Crippen molar-refractivity contribution < 1.29 is 9.90 Å². The lowest BCUT2D eigenvalue weighted by Gasteiger charge is -2.28. The van der Waals surface area contributed by atoms with E-state index in [-0.39, 0.29) is 12.3 Å². The van der Waals surface area contributed by atoms with Gasteiger partial charge in [-0.2, -0.15) is 0 Å². The normalized spacial score (nSPS) is 18.5. The zero-order valence-electron chi connectivity index (χ0n) is 17.5. The van der Waals surface area contributed by atoms with Gasteiger partial charge >= 0.3 is 5.97 Å². The fraction of sp³-hybridized carbons (Fsp3) is 0.320. The molecule has 1 fully saturated rings. The first-order valence-electron chi connectivity index (χ1n) is 10.6. The van der Waals surface area contributed by atoms with Crippen LogP contribution in [0, 0.1) is 5.92 Å². The number of aromatic nitrogens is 2. The first-order chi connectivity index (χ1) is 15.0. The molecule has 0 spiro atoms. The van der Waals surface area contributed by atoms with Gasteiger partial charge in [-0.25, -0.2) is 0 Å². The van der Waals surface area contributed by atoms with E-state index in [1.54, 1.807) is 0 Å². The van der Waals surface area contributed by atoms with Gasteiger partial charge in [0.05, 0.1) is 5.69 Å². The third-order valence-electron chi connectivity index (χ3n) is 6.11. The van der Waals surface area contributed by atoms with Crippen LogP contribution in [0.5, 0.6) is 0 Å². The van der Waals surface area contributed by atoms with Crippen LogP contribution in [0.1, 0.15) is 43.6 Å². The molecule has 1 aliphatic rings. The summed E-state index contributed by atoms with van der Waals surface area (Å²) in [6, 6.07) is 20.0. The van der Waals surface area contributed by atoms with Crippen LogP contribution in [0.15, 0.2) is 60.7 Å². The van der Waals surface area contributed by atoms with Crippen LogP contribution in [0.25, 0.3) is 11.3 Å². The van der Waals surface area contributed by atoms with Gasteiger partial charge in [0.25, 0.3) is 0 Å². The Hall–Kier alpha value is -2.92. The summed E-state index contributed by atoms with van der Waals surface area (Å²) in [5.74, 6) is 0.774. The second-order valence-electron chi connectivity index (χ2n) is 8.27. The number of hydrogen-bond donors (Lipinski definition) is 1. The molecule has 0 amide bonds. The zero-order chi connectivity index (χ0) is 21.8. The van der Waals surface area contributed by atoms with E-state index in [0.29, 0.717) is 10.9 Å². The summed E-state index contributed by atoms with van der Waals surface area (Å²) in [7, 11) is 1.94. The minimum atomic E-state index is -0.691. The van der Waals surface area contributed by atoms with E-state index in [1.807, 2.05) is 48.3 Å². The largest absolute Gasteiger partial charge is 0.481 e. The van der Waals surface area contributed by atoms with Gasteiger partial charge in [0.15, 0.2) is 5.82 Å². The van der Waals surface area contributed by atoms with E-state index >= 15 is 0 Å². The average molecular weight is 436 g/mol. The lowest BCUT2D eigenvalue weighted by atomic mass is 9.76. The Balaban J connectivity index is 1.45. The topological polar surface area (TPSA) is 66.3 Å². The van der Waals surface area contributed by atoms with Crippen molar-refractivity contribution in [3.63, 3.8) is 0 Å². The fourth-order valence-electron chi connectivity index (χ4n) is 4.43. The van der Waals surface area contributed by atoms with E-state index < -0.39 is 5.97 Å². The first kappa shape index (κ1) is 21.3. The van der Waals surface area contributed by atoms with Crippen molar-refractivity contribution in [3.8, 4) is 11.3 Å². The molecule has 0 saturated heterocycles. The minimum absolute atomic E-state index is 0.278. The molecule has 5 nitrogen and oxygen atoms in total. The zero-order valence-corrected chi connectivity index (χ0v) is 18.3. The standard InChI is InChI=1S/C25H26ClN3O2/c1-29(22-7-3-6-21(26)16-22)24-13-12-23(27-28-24)19-10-8-18(9-11-19)20-5-2-4-17(14-20)15-25(30)31/h3,6-13,16-17,20H,2,4-5,14-15H2,1H3,(H,30,31). The predicted octanol–water partition coefficient (Wildman–Crippen LogP) is 6.31. The van der Waals surface area contributed by atoms with E-state index in [4.69, 9.17) is 16.7 Å². The van der Waals surface area contributed by atoms with Gasteiger partial charge in [-0.05, 0) is 67.0 Å². The third kappa shape index (κ3) is 5.23. The Labute approximate surface area is 187 Å². The Morgan fingerprint density at radius 1 is 1.10 bits per heavy atom. The number of halogens is 1. The molecule has 1 heterocycles. The van der Waals surface area contributed by atoms with Crippen molar-refractivity contribution in [1.82, 2.24) is 10.2 Å². The fourth-order valence-corrected chi connectivity index (χ4v) is 4.61. The van der Waals surface area contributed by atoms with Crippen LogP contribution >= 0.6 is 11.6 Å². The highest BCUT2D eigenvalue weighted by Gasteiger charge is 2.24. The first-order valence-corrected chi connectivity index (χ1v) is 11.0. The third-order valence-corrected chi connectivity index (χ3v) is 6.35. The van der Waals surface area contributed by atoms with Crippen LogP contribution in [-0.4, -0.2) is 28.3 Å². The van der Waals surface area contributed by atoms with Crippen molar-refractivity contribution >= 4 is 29.1 Å². The molecule has 1 aliphatic carbocycles. The number of carboxylic acid groups (broad SMARTS) is 1. The maximum Gasteiger partial charge on any atom is 0.303 e. The Kier molecular flexibility index (Phi) is 6.52. The van der Waals surface area contributed by atoms with E-state index in [9.17, 15) is 4.79 Å². The molecule has 160 valence electrons. The molecule has 1 N–H and O–H groups in total. The highest BCUT2D eigenvalue weighted by molar-refractivity contribution is 6.30. The van der Waals surface area contributed by atoms with Crippen molar-refractivity contribution in [1.29, 1.82) is 0 Å². The molecule has 0 aliphatic heterocycles. The van der Waals surface area contributed by atoms with Crippen LogP contribution < -0.4 is 4.90 Å². The number of aliphatic carboxylic acids is 1.